The van der Waals surface area contributed by atoms with Crippen LogP contribution >= 0.6 is 0 Å². The predicted molar refractivity (Wildman–Crippen MR) is 64.2 cm³/mol. The largest absolute Gasteiger partial charge is 0.465 e. The Labute approximate surface area is 98.6 Å². The van der Waals surface area contributed by atoms with Crippen LogP contribution in [-0.2, 0) is 14.3 Å². The summed E-state index contributed by atoms with van der Waals surface area (Å²) in [6, 6.07) is 0. The summed E-state index contributed by atoms with van der Waals surface area (Å²) in [5.41, 5.74) is -0.420. The Bertz CT molecular complexity index is 209. The molecular weight excluding hydrogens is 204 g/mol. The Kier molecular flexibility index (Phi) is 7.86. The SMILES string of the molecule is CCCCCCC(C)(C)C(=O)OCCC=O. The van der Waals surface area contributed by atoms with Gasteiger partial charge in [0, 0.05) is 6.42 Å². The van der Waals surface area contributed by atoms with E-state index in [1.54, 1.807) is 0 Å². The Balaban J connectivity index is 3.81. The lowest BCUT2D eigenvalue weighted by Gasteiger charge is -2.22. The molecule has 0 aliphatic rings. The van der Waals surface area contributed by atoms with Gasteiger partial charge in [0.25, 0.3) is 0 Å². The second-order valence-corrected chi connectivity index (χ2v) is 4.79. The molecule has 3 heteroatoms. The summed E-state index contributed by atoms with van der Waals surface area (Å²) in [6.45, 7) is 6.18. The van der Waals surface area contributed by atoms with Gasteiger partial charge in [-0.3, -0.25) is 4.79 Å². The quantitative estimate of drug-likeness (QED) is 0.346. The van der Waals surface area contributed by atoms with Crippen molar-refractivity contribution >= 4 is 12.3 Å². The Morgan fingerprint density at radius 2 is 1.94 bits per heavy atom. The number of carbonyl (C=O) groups excluding carboxylic acids is 2. The molecule has 0 saturated carbocycles. The number of unbranched alkanes of at least 4 members (excludes halogenated alkanes) is 3. The third-order valence-electron chi connectivity index (χ3n) is 2.68. The summed E-state index contributed by atoms with van der Waals surface area (Å²) in [7, 11) is 0. The fraction of sp³-hybridized carbons (Fsp3) is 0.846. The van der Waals surface area contributed by atoms with E-state index in [0.717, 1.165) is 19.1 Å². The summed E-state index contributed by atoms with van der Waals surface area (Å²) in [4.78, 5) is 21.8. The standard InChI is InChI=1S/C13H24O3/c1-4-5-6-7-9-13(2,3)12(15)16-11-8-10-14/h10H,4-9,11H2,1-3H3. The zero-order valence-electron chi connectivity index (χ0n) is 10.8. The molecule has 0 aromatic heterocycles. The van der Waals surface area contributed by atoms with E-state index in [1.807, 2.05) is 13.8 Å². The van der Waals surface area contributed by atoms with Crippen LogP contribution in [0.15, 0.2) is 0 Å². The highest BCUT2D eigenvalue weighted by molar-refractivity contribution is 5.75. The Hall–Kier alpha value is -0.860. The molecule has 0 aliphatic heterocycles. The number of carbonyl (C=O) groups is 2. The van der Waals surface area contributed by atoms with Gasteiger partial charge in [-0.1, -0.05) is 32.6 Å². The fourth-order valence-corrected chi connectivity index (χ4v) is 1.49. The zero-order valence-corrected chi connectivity index (χ0v) is 10.8. The van der Waals surface area contributed by atoms with Gasteiger partial charge >= 0.3 is 5.97 Å². The Morgan fingerprint density at radius 3 is 2.50 bits per heavy atom. The lowest BCUT2D eigenvalue weighted by molar-refractivity contribution is -0.154. The van der Waals surface area contributed by atoms with E-state index in [4.69, 9.17) is 4.74 Å². The average molecular weight is 228 g/mol. The number of esters is 1. The van der Waals surface area contributed by atoms with Crippen LogP contribution in [0.25, 0.3) is 0 Å². The van der Waals surface area contributed by atoms with E-state index in [-0.39, 0.29) is 19.0 Å². The summed E-state index contributed by atoms with van der Waals surface area (Å²) in [5.74, 6) is -0.189. The van der Waals surface area contributed by atoms with E-state index >= 15 is 0 Å². The first-order valence-electron chi connectivity index (χ1n) is 6.15. The molecule has 0 aromatic carbocycles. The second-order valence-electron chi connectivity index (χ2n) is 4.79. The molecule has 0 fully saturated rings. The van der Waals surface area contributed by atoms with E-state index < -0.39 is 5.41 Å². The van der Waals surface area contributed by atoms with E-state index in [2.05, 4.69) is 6.92 Å². The zero-order chi connectivity index (χ0) is 12.4. The van der Waals surface area contributed by atoms with Gasteiger partial charge in [0.15, 0.2) is 0 Å². The molecule has 0 spiro atoms. The molecule has 0 atom stereocenters. The van der Waals surface area contributed by atoms with Gasteiger partial charge < -0.3 is 9.53 Å². The maximum atomic E-state index is 11.7. The van der Waals surface area contributed by atoms with Crippen molar-refractivity contribution in [3.8, 4) is 0 Å². The van der Waals surface area contributed by atoms with Crippen LogP contribution in [0.5, 0.6) is 0 Å². The molecule has 0 heterocycles. The van der Waals surface area contributed by atoms with Gasteiger partial charge in [-0.05, 0) is 20.3 Å². The van der Waals surface area contributed by atoms with Crippen LogP contribution in [0.3, 0.4) is 0 Å². The van der Waals surface area contributed by atoms with Crippen molar-refractivity contribution in [1.29, 1.82) is 0 Å². The summed E-state index contributed by atoms with van der Waals surface area (Å²) < 4.78 is 5.03. The van der Waals surface area contributed by atoms with Gasteiger partial charge in [0.1, 0.15) is 6.29 Å². The molecule has 0 radical (unpaired) electrons. The molecule has 0 bridgehead atoms. The highest BCUT2D eigenvalue weighted by Gasteiger charge is 2.28. The van der Waals surface area contributed by atoms with Gasteiger partial charge in [0.2, 0.25) is 0 Å². The molecular formula is C13H24O3. The molecule has 0 amide bonds. The lowest BCUT2D eigenvalue weighted by atomic mass is 9.87. The third kappa shape index (κ3) is 6.59. The average Bonchev–Trinajstić information content (AvgIpc) is 2.24. The van der Waals surface area contributed by atoms with Crippen LogP contribution in [-0.4, -0.2) is 18.9 Å². The minimum Gasteiger partial charge on any atom is -0.465 e. The fourth-order valence-electron chi connectivity index (χ4n) is 1.49. The van der Waals surface area contributed by atoms with E-state index in [9.17, 15) is 9.59 Å². The van der Waals surface area contributed by atoms with Crippen molar-refractivity contribution in [2.75, 3.05) is 6.61 Å². The van der Waals surface area contributed by atoms with Gasteiger partial charge in [-0.15, -0.1) is 0 Å². The maximum Gasteiger partial charge on any atom is 0.311 e. The van der Waals surface area contributed by atoms with Crippen molar-refractivity contribution < 1.29 is 14.3 Å². The molecule has 0 aromatic rings. The maximum absolute atomic E-state index is 11.7. The molecule has 0 aliphatic carbocycles. The number of ether oxygens (including phenoxy) is 1. The van der Waals surface area contributed by atoms with Crippen molar-refractivity contribution in [1.82, 2.24) is 0 Å². The number of hydrogen-bond acceptors (Lipinski definition) is 3. The van der Waals surface area contributed by atoms with Crippen LogP contribution in [0.1, 0.15) is 59.3 Å². The third-order valence-corrected chi connectivity index (χ3v) is 2.68. The minimum absolute atomic E-state index is 0.189. The van der Waals surface area contributed by atoms with Crippen molar-refractivity contribution in [2.24, 2.45) is 5.41 Å². The summed E-state index contributed by atoms with van der Waals surface area (Å²) in [6.07, 6.45) is 6.55. The van der Waals surface area contributed by atoms with Gasteiger partial charge in [-0.2, -0.15) is 0 Å². The number of aldehydes is 1. The number of rotatable bonds is 9. The molecule has 0 rings (SSSR count). The topological polar surface area (TPSA) is 43.4 Å². The smallest absolute Gasteiger partial charge is 0.311 e. The molecule has 94 valence electrons. The monoisotopic (exact) mass is 228 g/mol. The second kappa shape index (κ2) is 8.31. The minimum atomic E-state index is -0.420. The van der Waals surface area contributed by atoms with E-state index in [0.29, 0.717) is 0 Å². The summed E-state index contributed by atoms with van der Waals surface area (Å²) >= 11 is 0. The first kappa shape index (κ1) is 15.1. The van der Waals surface area contributed by atoms with Crippen LogP contribution < -0.4 is 0 Å². The number of hydrogen-bond donors (Lipinski definition) is 0. The van der Waals surface area contributed by atoms with Crippen LogP contribution in [0.4, 0.5) is 0 Å². The van der Waals surface area contributed by atoms with Crippen LogP contribution in [0.2, 0.25) is 0 Å². The molecule has 0 unspecified atom stereocenters. The molecule has 3 nitrogen and oxygen atoms in total. The van der Waals surface area contributed by atoms with Crippen LogP contribution in [0, 0.1) is 5.41 Å². The lowest BCUT2D eigenvalue weighted by Crippen LogP contribution is -2.27. The molecule has 16 heavy (non-hydrogen) atoms. The van der Waals surface area contributed by atoms with Crippen molar-refractivity contribution in [3.05, 3.63) is 0 Å². The van der Waals surface area contributed by atoms with Crippen molar-refractivity contribution in [3.63, 3.8) is 0 Å². The molecule has 0 saturated heterocycles. The highest BCUT2D eigenvalue weighted by atomic mass is 16.5. The highest BCUT2D eigenvalue weighted by Crippen LogP contribution is 2.25. The van der Waals surface area contributed by atoms with Crippen molar-refractivity contribution in [2.45, 2.75) is 59.3 Å². The normalized spacial score (nSPS) is 11.2. The van der Waals surface area contributed by atoms with E-state index in [1.165, 1.54) is 19.3 Å². The first-order valence-corrected chi connectivity index (χ1v) is 6.15. The predicted octanol–water partition coefficient (Wildman–Crippen LogP) is 3.12. The van der Waals surface area contributed by atoms with Gasteiger partial charge in [-0.25, -0.2) is 0 Å². The summed E-state index contributed by atoms with van der Waals surface area (Å²) in [5, 5.41) is 0. The van der Waals surface area contributed by atoms with Gasteiger partial charge in [0.05, 0.1) is 12.0 Å². The molecule has 0 N–H and O–H groups in total. The first-order chi connectivity index (χ1) is 7.54. The Morgan fingerprint density at radius 1 is 1.25 bits per heavy atom.